The number of para-hydroxylation sites is 1. The summed E-state index contributed by atoms with van der Waals surface area (Å²) < 4.78 is 37.7. The lowest BCUT2D eigenvalue weighted by atomic mass is 9.96. The third-order valence-electron chi connectivity index (χ3n) is 7.15. The minimum absolute atomic E-state index is 0.0715. The van der Waals surface area contributed by atoms with Crippen LogP contribution in [-0.4, -0.2) is 30.1 Å². The van der Waals surface area contributed by atoms with Gasteiger partial charge in [0.05, 0.1) is 11.2 Å². The zero-order chi connectivity index (χ0) is 27.0. The van der Waals surface area contributed by atoms with E-state index in [2.05, 4.69) is 15.1 Å². The average Bonchev–Trinajstić information content (AvgIpc) is 2.95. The van der Waals surface area contributed by atoms with Gasteiger partial charge in [-0.05, 0) is 42.7 Å². The van der Waals surface area contributed by atoms with Crippen molar-refractivity contribution in [3.05, 3.63) is 94.3 Å². The molecule has 1 aliphatic heterocycles. The van der Waals surface area contributed by atoms with Crippen LogP contribution >= 0.6 is 0 Å². The molecule has 0 bridgehead atoms. The molecule has 0 atom stereocenters. The highest BCUT2D eigenvalue weighted by Gasteiger charge is 2.31. The monoisotopic (exact) mass is 544 g/mol. The van der Waals surface area contributed by atoms with Crippen molar-refractivity contribution in [3.8, 4) is 11.5 Å². The fourth-order valence-corrected chi connectivity index (χ4v) is 6.30. The van der Waals surface area contributed by atoms with Crippen LogP contribution in [0.3, 0.4) is 0 Å². The maximum atomic E-state index is 13.8. The molecule has 2 aliphatic rings. The van der Waals surface area contributed by atoms with E-state index in [1.807, 2.05) is 30.3 Å². The van der Waals surface area contributed by atoms with Gasteiger partial charge in [0, 0.05) is 17.5 Å². The quantitative estimate of drug-likeness (QED) is 0.321. The molecule has 9 nitrogen and oxygen atoms in total. The van der Waals surface area contributed by atoms with E-state index in [4.69, 9.17) is 4.74 Å². The molecule has 1 aromatic heterocycles. The molecule has 1 fully saturated rings. The third-order valence-corrected chi connectivity index (χ3v) is 8.47. The van der Waals surface area contributed by atoms with Gasteiger partial charge < -0.3 is 20.6 Å². The van der Waals surface area contributed by atoms with Gasteiger partial charge in [-0.15, -0.1) is 4.40 Å². The number of aromatic nitrogens is 1. The molecule has 3 aromatic carbocycles. The Bertz CT molecular complexity index is 1740. The van der Waals surface area contributed by atoms with Crippen molar-refractivity contribution in [1.29, 1.82) is 0 Å². The van der Waals surface area contributed by atoms with E-state index in [0.29, 0.717) is 16.7 Å². The van der Waals surface area contributed by atoms with Gasteiger partial charge in [-0.25, -0.2) is 4.68 Å². The summed E-state index contributed by atoms with van der Waals surface area (Å²) in [5, 5.41) is 14.5. The van der Waals surface area contributed by atoms with E-state index in [1.165, 1.54) is 10.7 Å². The fraction of sp³-hybridized carbons (Fsp3) is 0.241. The third kappa shape index (κ3) is 4.83. The van der Waals surface area contributed by atoms with Crippen molar-refractivity contribution in [1.82, 2.24) is 4.68 Å². The van der Waals surface area contributed by atoms with Gasteiger partial charge in [-0.2, -0.15) is 8.42 Å². The first-order valence-corrected chi connectivity index (χ1v) is 14.4. The van der Waals surface area contributed by atoms with Gasteiger partial charge in [0.25, 0.3) is 15.6 Å². The number of hydrogen-bond acceptors (Lipinski definition) is 7. The van der Waals surface area contributed by atoms with Gasteiger partial charge in [-0.3, -0.25) is 4.79 Å². The lowest BCUT2D eigenvalue weighted by Gasteiger charge is -2.27. The molecule has 10 heteroatoms. The first-order valence-electron chi connectivity index (χ1n) is 13.0. The number of nitrogens with zero attached hydrogens (tertiary/aromatic N) is 2. The zero-order valence-electron chi connectivity index (χ0n) is 21.1. The molecule has 3 N–H and O–H groups in total. The highest BCUT2D eigenvalue weighted by atomic mass is 32.2. The molecule has 39 heavy (non-hydrogen) atoms. The van der Waals surface area contributed by atoms with Crippen LogP contribution in [-0.2, 0) is 16.6 Å². The van der Waals surface area contributed by atoms with E-state index < -0.39 is 15.6 Å². The predicted octanol–water partition coefficient (Wildman–Crippen LogP) is 4.72. The SMILES string of the molecule is O=c1c(C2=NS(=O)(=O)c3cc(OCc4ccccc4)ccc3N2)c(O)c2ccccc2n1NC1CCCCC1. The number of aromatic hydroxyl groups is 1. The number of nitrogens with one attached hydrogen (secondary N) is 2. The number of benzene rings is 3. The number of sulfonamides is 1. The molecule has 0 unspecified atom stereocenters. The summed E-state index contributed by atoms with van der Waals surface area (Å²) in [5.41, 5.74) is 4.22. The molecule has 0 amide bonds. The molecule has 6 rings (SSSR count). The van der Waals surface area contributed by atoms with Gasteiger partial charge in [0.15, 0.2) is 5.84 Å². The zero-order valence-corrected chi connectivity index (χ0v) is 21.9. The second-order valence-electron chi connectivity index (χ2n) is 9.82. The Kier molecular flexibility index (Phi) is 6.48. The van der Waals surface area contributed by atoms with Crippen LogP contribution < -0.4 is 21.0 Å². The summed E-state index contributed by atoms with van der Waals surface area (Å²) in [5.74, 6) is -0.188. The number of fused-ring (bicyclic) bond motifs is 2. The summed E-state index contributed by atoms with van der Waals surface area (Å²) in [6.45, 7) is 0.278. The van der Waals surface area contributed by atoms with E-state index in [1.54, 1.807) is 36.4 Å². The Balaban J connectivity index is 1.38. The number of rotatable bonds is 6. The predicted molar refractivity (Wildman–Crippen MR) is 151 cm³/mol. The Morgan fingerprint density at radius 2 is 1.74 bits per heavy atom. The van der Waals surface area contributed by atoms with Crippen LogP contribution in [0, 0.1) is 0 Å². The van der Waals surface area contributed by atoms with Crippen molar-refractivity contribution in [2.75, 3.05) is 10.7 Å². The maximum Gasteiger partial charge on any atom is 0.286 e. The second-order valence-corrected chi connectivity index (χ2v) is 11.4. The second kappa shape index (κ2) is 10.1. The Hall–Kier alpha value is -4.31. The number of anilines is 1. The van der Waals surface area contributed by atoms with E-state index in [9.17, 15) is 18.3 Å². The first kappa shape index (κ1) is 25.0. The number of hydrogen-bond donors (Lipinski definition) is 3. The Morgan fingerprint density at radius 3 is 2.54 bits per heavy atom. The molecule has 0 radical (unpaired) electrons. The Morgan fingerprint density at radius 1 is 1.00 bits per heavy atom. The van der Waals surface area contributed by atoms with Gasteiger partial charge >= 0.3 is 0 Å². The van der Waals surface area contributed by atoms with Crippen molar-refractivity contribution in [3.63, 3.8) is 0 Å². The smallest absolute Gasteiger partial charge is 0.286 e. The molecule has 1 aliphatic carbocycles. The topological polar surface area (TPSA) is 122 Å². The molecule has 0 spiro atoms. The van der Waals surface area contributed by atoms with E-state index in [-0.39, 0.29) is 40.4 Å². The lowest BCUT2D eigenvalue weighted by molar-refractivity contribution is 0.305. The van der Waals surface area contributed by atoms with Crippen LogP contribution in [0.4, 0.5) is 5.69 Å². The van der Waals surface area contributed by atoms with Gasteiger partial charge in [0.2, 0.25) is 0 Å². The molecule has 1 saturated carbocycles. The summed E-state index contributed by atoms with van der Waals surface area (Å²) in [4.78, 5) is 13.7. The normalized spacial score (nSPS) is 16.7. The summed E-state index contributed by atoms with van der Waals surface area (Å²) >= 11 is 0. The van der Waals surface area contributed by atoms with Crippen LogP contribution in [0.5, 0.6) is 11.5 Å². The summed E-state index contributed by atoms with van der Waals surface area (Å²) in [6.07, 6.45) is 5.14. The van der Waals surface area contributed by atoms with E-state index in [0.717, 1.165) is 37.7 Å². The van der Waals surface area contributed by atoms with Crippen molar-refractivity contribution in [2.45, 2.75) is 49.6 Å². The number of amidine groups is 1. The highest BCUT2D eigenvalue weighted by Crippen LogP contribution is 2.34. The standard InChI is InChI=1S/C29H28N4O5S/c34-27-22-13-7-8-14-24(22)33(31-20-11-5-2-6-12-20)29(35)26(27)28-30-23-16-15-21(17-25(23)39(36,37)32-28)38-18-19-9-3-1-4-10-19/h1,3-4,7-10,13-17,20,31,34H,2,5-6,11-12,18H2,(H,30,32). The van der Waals surface area contributed by atoms with Gasteiger partial charge in [0.1, 0.15) is 28.6 Å². The minimum atomic E-state index is -4.21. The first-order chi connectivity index (χ1) is 18.9. The van der Waals surface area contributed by atoms with Gasteiger partial charge in [-0.1, -0.05) is 61.7 Å². The minimum Gasteiger partial charge on any atom is -0.506 e. The van der Waals surface area contributed by atoms with Crippen molar-refractivity contribution >= 4 is 32.4 Å². The summed E-state index contributed by atoms with van der Waals surface area (Å²) in [7, 11) is -4.21. The molecular weight excluding hydrogens is 516 g/mol. The molecular formula is C29H28N4O5S. The largest absolute Gasteiger partial charge is 0.506 e. The van der Waals surface area contributed by atoms with Crippen LogP contribution in [0.15, 0.2) is 86.9 Å². The fourth-order valence-electron chi connectivity index (χ4n) is 5.16. The average molecular weight is 545 g/mol. The van der Waals surface area contributed by atoms with E-state index >= 15 is 0 Å². The number of ether oxygens (including phenoxy) is 1. The van der Waals surface area contributed by atoms with Crippen LogP contribution in [0.25, 0.3) is 10.9 Å². The molecule has 0 saturated heterocycles. The maximum absolute atomic E-state index is 13.8. The van der Waals surface area contributed by atoms with Crippen molar-refractivity contribution < 1.29 is 18.3 Å². The number of pyridine rings is 1. The highest BCUT2D eigenvalue weighted by molar-refractivity contribution is 7.90. The molecule has 4 aromatic rings. The van der Waals surface area contributed by atoms with Crippen molar-refractivity contribution in [2.24, 2.45) is 4.40 Å². The Labute approximate surface area is 225 Å². The summed E-state index contributed by atoms with van der Waals surface area (Å²) in [6, 6.07) is 21.2. The molecule has 2 heterocycles. The lowest BCUT2D eigenvalue weighted by Crippen LogP contribution is -2.40. The van der Waals surface area contributed by atoms with Crippen LogP contribution in [0.2, 0.25) is 0 Å². The molecule has 200 valence electrons. The van der Waals surface area contributed by atoms with Crippen LogP contribution in [0.1, 0.15) is 43.2 Å².